The number of hydrogen-bond acceptors (Lipinski definition) is 4. The lowest BCUT2D eigenvalue weighted by molar-refractivity contribution is 0.103. The minimum Gasteiger partial charge on any atom is -0.387 e. The summed E-state index contributed by atoms with van der Waals surface area (Å²) in [7, 11) is 0. The van der Waals surface area contributed by atoms with Gasteiger partial charge >= 0.3 is 0 Å². The molecule has 4 rings (SSSR count). The van der Waals surface area contributed by atoms with Crippen LogP contribution in [0.25, 0.3) is 10.9 Å². The van der Waals surface area contributed by atoms with Gasteiger partial charge in [-0.15, -0.1) is 11.3 Å². The molecule has 0 saturated heterocycles. The first-order chi connectivity index (χ1) is 13.2. The number of fused-ring (bicyclic) bond motifs is 1. The van der Waals surface area contributed by atoms with Crippen LogP contribution in [0.1, 0.15) is 46.1 Å². The molecule has 136 valence electrons. The first kappa shape index (κ1) is 17.6. The molecule has 1 atom stereocenters. The molecule has 0 aliphatic carbocycles. The number of para-hydroxylation sites is 1. The Balaban J connectivity index is 1.73. The first-order valence-corrected chi connectivity index (χ1v) is 9.85. The zero-order valence-corrected chi connectivity index (χ0v) is 15.8. The molecule has 2 aromatic heterocycles. The lowest BCUT2D eigenvalue weighted by Gasteiger charge is -2.05. The van der Waals surface area contributed by atoms with E-state index in [9.17, 15) is 9.90 Å². The Labute approximate surface area is 161 Å². The largest absolute Gasteiger partial charge is 0.387 e. The van der Waals surface area contributed by atoms with Crippen molar-refractivity contribution in [1.82, 2.24) is 9.55 Å². The van der Waals surface area contributed by atoms with Crippen LogP contribution in [-0.4, -0.2) is 20.4 Å². The topological polar surface area (TPSA) is 55.1 Å². The Morgan fingerprint density at radius 2 is 1.89 bits per heavy atom. The number of benzene rings is 2. The van der Waals surface area contributed by atoms with Crippen LogP contribution in [0.4, 0.5) is 0 Å². The summed E-state index contributed by atoms with van der Waals surface area (Å²) in [6.07, 6.45) is 1.87. The van der Waals surface area contributed by atoms with Crippen LogP contribution < -0.4 is 0 Å². The fraction of sp³-hybridized carbons (Fsp3) is 0.182. The molecule has 27 heavy (non-hydrogen) atoms. The van der Waals surface area contributed by atoms with Gasteiger partial charge in [-0.3, -0.25) is 4.79 Å². The van der Waals surface area contributed by atoms with Crippen LogP contribution in [0.5, 0.6) is 0 Å². The maximum atomic E-state index is 13.1. The normalized spacial score (nSPS) is 12.4. The highest BCUT2D eigenvalue weighted by Gasteiger charge is 2.21. The summed E-state index contributed by atoms with van der Waals surface area (Å²) in [4.78, 5) is 17.5. The van der Waals surface area contributed by atoms with Crippen molar-refractivity contribution < 1.29 is 9.90 Å². The molecule has 0 unspecified atom stereocenters. The molecule has 0 bridgehead atoms. The standard InChI is InChI=1S/C22H20N2O2S/c1-2-20(25)18-14-27-22(23-18)21(26)17-13-24(12-15-8-4-3-5-9-15)19-11-7-6-10-16(17)19/h3-11,13-14,20,25H,2,12H2,1H3/t20-/m1/s1. The van der Waals surface area contributed by atoms with Crippen molar-refractivity contribution in [3.63, 3.8) is 0 Å². The Hall–Kier alpha value is -2.76. The summed E-state index contributed by atoms with van der Waals surface area (Å²) in [5, 5.41) is 13.1. The molecule has 0 saturated carbocycles. The molecule has 0 spiro atoms. The van der Waals surface area contributed by atoms with Crippen LogP contribution in [0.15, 0.2) is 66.2 Å². The number of aliphatic hydroxyl groups is 1. The van der Waals surface area contributed by atoms with Gasteiger partial charge < -0.3 is 9.67 Å². The number of aliphatic hydroxyl groups excluding tert-OH is 1. The number of carbonyl (C=O) groups excluding carboxylic acids is 1. The Morgan fingerprint density at radius 1 is 1.15 bits per heavy atom. The molecule has 0 amide bonds. The van der Waals surface area contributed by atoms with Crippen molar-refractivity contribution >= 4 is 28.0 Å². The second-order valence-electron chi connectivity index (χ2n) is 6.50. The second kappa shape index (κ2) is 7.47. The molecule has 2 heterocycles. The van der Waals surface area contributed by atoms with Crippen molar-refractivity contribution in [2.24, 2.45) is 0 Å². The van der Waals surface area contributed by atoms with Gasteiger partial charge in [-0.2, -0.15) is 0 Å². The van der Waals surface area contributed by atoms with E-state index in [0.717, 1.165) is 10.9 Å². The predicted octanol–water partition coefficient (Wildman–Crippen LogP) is 4.82. The molecule has 4 nitrogen and oxygen atoms in total. The summed E-state index contributed by atoms with van der Waals surface area (Å²) in [5.74, 6) is -0.0995. The van der Waals surface area contributed by atoms with Crippen molar-refractivity contribution in [2.75, 3.05) is 0 Å². The summed E-state index contributed by atoms with van der Waals surface area (Å²) in [5.41, 5.74) is 3.42. The minimum atomic E-state index is -0.623. The third kappa shape index (κ3) is 3.44. The van der Waals surface area contributed by atoms with Crippen molar-refractivity contribution in [1.29, 1.82) is 0 Å². The predicted molar refractivity (Wildman–Crippen MR) is 108 cm³/mol. The Morgan fingerprint density at radius 3 is 2.67 bits per heavy atom. The van der Waals surface area contributed by atoms with E-state index >= 15 is 0 Å². The maximum Gasteiger partial charge on any atom is 0.223 e. The van der Waals surface area contributed by atoms with E-state index in [1.165, 1.54) is 16.9 Å². The van der Waals surface area contributed by atoms with Gasteiger partial charge in [0.1, 0.15) is 0 Å². The van der Waals surface area contributed by atoms with Crippen LogP contribution >= 0.6 is 11.3 Å². The molecule has 0 aliphatic rings. The quantitative estimate of drug-likeness (QED) is 0.491. The lowest BCUT2D eigenvalue weighted by atomic mass is 10.1. The highest BCUT2D eigenvalue weighted by molar-refractivity contribution is 7.12. The monoisotopic (exact) mass is 376 g/mol. The SMILES string of the molecule is CC[C@@H](O)c1csc(C(=O)c2cn(Cc3ccccc3)c3ccccc23)n1. The lowest BCUT2D eigenvalue weighted by Crippen LogP contribution is -2.03. The van der Waals surface area contributed by atoms with Gasteiger partial charge in [-0.1, -0.05) is 55.5 Å². The summed E-state index contributed by atoms with van der Waals surface area (Å²) in [6.45, 7) is 2.59. The second-order valence-corrected chi connectivity index (χ2v) is 7.36. The molecule has 2 aromatic carbocycles. The molecule has 0 aliphatic heterocycles. The fourth-order valence-electron chi connectivity index (χ4n) is 3.21. The number of ketones is 1. The summed E-state index contributed by atoms with van der Waals surface area (Å²) >= 11 is 1.29. The zero-order chi connectivity index (χ0) is 18.8. The third-order valence-electron chi connectivity index (χ3n) is 4.67. The van der Waals surface area contributed by atoms with Crippen molar-refractivity contribution in [3.05, 3.63) is 88.0 Å². The van der Waals surface area contributed by atoms with Crippen LogP contribution in [0.2, 0.25) is 0 Å². The Bertz CT molecular complexity index is 1080. The van der Waals surface area contributed by atoms with E-state index in [-0.39, 0.29) is 5.78 Å². The minimum absolute atomic E-state index is 0.0995. The van der Waals surface area contributed by atoms with Gasteiger partial charge in [0.05, 0.1) is 17.4 Å². The van der Waals surface area contributed by atoms with E-state index < -0.39 is 6.10 Å². The van der Waals surface area contributed by atoms with Gasteiger partial charge in [-0.25, -0.2) is 4.98 Å². The van der Waals surface area contributed by atoms with Gasteiger partial charge in [0.15, 0.2) is 5.01 Å². The molecule has 1 N–H and O–H groups in total. The van der Waals surface area contributed by atoms with Crippen molar-refractivity contribution in [2.45, 2.75) is 26.0 Å². The van der Waals surface area contributed by atoms with E-state index in [2.05, 4.69) is 21.7 Å². The molecule has 0 radical (unpaired) electrons. The van der Waals surface area contributed by atoms with E-state index in [4.69, 9.17) is 0 Å². The van der Waals surface area contributed by atoms with Crippen LogP contribution in [0.3, 0.4) is 0 Å². The molecular weight excluding hydrogens is 356 g/mol. The van der Waals surface area contributed by atoms with Crippen molar-refractivity contribution in [3.8, 4) is 0 Å². The number of thiazole rings is 1. The molecule has 0 fully saturated rings. The number of aromatic nitrogens is 2. The van der Waals surface area contributed by atoms with Gasteiger partial charge in [0, 0.05) is 29.0 Å². The smallest absolute Gasteiger partial charge is 0.223 e. The fourth-order valence-corrected chi connectivity index (χ4v) is 4.02. The Kier molecular flexibility index (Phi) is 4.88. The molecule has 5 heteroatoms. The average molecular weight is 376 g/mol. The molecular formula is C22H20N2O2S. The highest BCUT2D eigenvalue weighted by Crippen LogP contribution is 2.27. The third-order valence-corrected chi connectivity index (χ3v) is 5.53. The number of carbonyl (C=O) groups is 1. The van der Waals surface area contributed by atoms with E-state index in [0.29, 0.717) is 29.2 Å². The molecule has 4 aromatic rings. The van der Waals surface area contributed by atoms with Gasteiger partial charge in [-0.05, 0) is 18.1 Å². The average Bonchev–Trinajstić information content (AvgIpc) is 3.34. The van der Waals surface area contributed by atoms with Gasteiger partial charge in [0.2, 0.25) is 5.78 Å². The van der Waals surface area contributed by atoms with Crippen LogP contribution in [-0.2, 0) is 6.54 Å². The highest BCUT2D eigenvalue weighted by atomic mass is 32.1. The number of hydrogen-bond donors (Lipinski definition) is 1. The summed E-state index contributed by atoms with van der Waals surface area (Å²) < 4.78 is 2.10. The zero-order valence-electron chi connectivity index (χ0n) is 15.0. The first-order valence-electron chi connectivity index (χ1n) is 8.97. The maximum absolute atomic E-state index is 13.1. The summed E-state index contributed by atoms with van der Waals surface area (Å²) in [6, 6.07) is 18.1. The van der Waals surface area contributed by atoms with E-state index in [1.54, 1.807) is 5.38 Å². The van der Waals surface area contributed by atoms with Crippen LogP contribution in [0, 0.1) is 0 Å². The van der Waals surface area contributed by atoms with Gasteiger partial charge in [0.25, 0.3) is 0 Å². The number of rotatable bonds is 6. The number of nitrogens with zero attached hydrogens (tertiary/aromatic N) is 2. The van der Waals surface area contributed by atoms with E-state index in [1.807, 2.05) is 55.6 Å².